The smallest absolute Gasteiger partial charge is 0.244 e. The number of carbonyl (C=O) groups is 2. The molecular weight excluding hydrogens is 605 g/mol. The summed E-state index contributed by atoms with van der Waals surface area (Å²) in [5.74, 6) is 1.49. The molecule has 0 aromatic heterocycles. The Morgan fingerprint density at radius 2 is 1.47 bits per heavy atom. The zero-order valence-electron chi connectivity index (χ0n) is 25.7. The minimum absolute atomic E-state index is 0.0569. The summed E-state index contributed by atoms with van der Waals surface area (Å²) < 4.78 is 27.3. The molecule has 0 radical (unpaired) electrons. The van der Waals surface area contributed by atoms with Gasteiger partial charge in [-0.05, 0) is 119 Å². The van der Waals surface area contributed by atoms with Gasteiger partial charge in [0.25, 0.3) is 0 Å². The molecule has 4 fully saturated rings. The molecule has 10 heteroatoms. The van der Waals surface area contributed by atoms with Crippen molar-refractivity contribution in [2.45, 2.75) is 89.8 Å². The first-order valence-corrected chi connectivity index (χ1v) is 17.8. The predicted octanol–water partition coefficient (Wildman–Crippen LogP) is 6.56. The Labute approximate surface area is 266 Å². The number of nitrogens with zero attached hydrogens (tertiary/aromatic N) is 2. The van der Waals surface area contributed by atoms with Gasteiger partial charge in [0, 0.05) is 27.7 Å². The maximum absolute atomic E-state index is 14.0. The second-order valence-corrected chi connectivity index (χ2v) is 16.9. The summed E-state index contributed by atoms with van der Waals surface area (Å²) in [4.78, 5) is 28.5. The van der Waals surface area contributed by atoms with E-state index in [1.54, 1.807) is 25.1 Å². The number of amides is 2. The van der Waals surface area contributed by atoms with Crippen molar-refractivity contribution < 1.29 is 18.0 Å². The van der Waals surface area contributed by atoms with Gasteiger partial charge in [-0.3, -0.25) is 13.9 Å². The van der Waals surface area contributed by atoms with Gasteiger partial charge in [-0.15, -0.1) is 0 Å². The number of anilines is 1. The van der Waals surface area contributed by atoms with Crippen LogP contribution in [0.1, 0.15) is 77.3 Å². The third-order valence-corrected chi connectivity index (χ3v) is 11.4. The zero-order chi connectivity index (χ0) is 31.3. The quantitative estimate of drug-likeness (QED) is 0.334. The average molecular weight is 649 g/mol. The van der Waals surface area contributed by atoms with Crippen molar-refractivity contribution in [1.82, 2.24) is 10.2 Å². The van der Waals surface area contributed by atoms with Gasteiger partial charge in [0.15, 0.2) is 0 Å². The van der Waals surface area contributed by atoms with E-state index in [2.05, 4.69) is 17.4 Å². The van der Waals surface area contributed by atoms with Gasteiger partial charge in [-0.25, -0.2) is 8.42 Å². The van der Waals surface area contributed by atoms with Gasteiger partial charge < -0.3 is 10.2 Å². The lowest BCUT2D eigenvalue weighted by Gasteiger charge is -2.57. The molecule has 1 N–H and O–H groups in total. The van der Waals surface area contributed by atoms with Crippen LogP contribution in [0, 0.1) is 17.8 Å². The summed E-state index contributed by atoms with van der Waals surface area (Å²) in [6.45, 7) is 6.66. The molecule has 2 aromatic rings. The molecule has 234 valence electrons. The number of hydrogen-bond acceptors (Lipinski definition) is 4. The van der Waals surface area contributed by atoms with Gasteiger partial charge in [0.1, 0.15) is 12.6 Å². The fourth-order valence-electron chi connectivity index (χ4n) is 7.97. The summed E-state index contributed by atoms with van der Waals surface area (Å²) in [5, 5.41) is 3.63. The van der Waals surface area contributed by atoms with E-state index < -0.39 is 34.1 Å². The lowest BCUT2D eigenvalue weighted by molar-refractivity contribution is -0.140. The van der Waals surface area contributed by atoms with Crippen LogP contribution in [0.4, 0.5) is 5.69 Å². The van der Waals surface area contributed by atoms with Crippen LogP contribution in [0.2, 0.25) is 10.0 Å². The van der Waals surface area contributed by atoms with Gasteiger partial charge in [0.05, 0.1) is 11.9 Å². The molecule has 0 spiro atoms. The fourth-order valence-corrected chi connectivity index (χ4v) is 9.34. The van der Waals surface area contributed by atoms with Gasteiger partial charge >= 0.3 is 0 Å². The Morgan fingerprint density at radius 1 is 0.953 bits per heavy atom. The van der Waals surface area contributed by atoms with E-state index in [1.807, 2.05) is 32.9 Å². The Balaban J connectivity index is 1.41. The van der Waals surface area contributed by atoms with Crippen molar-refractivity contribution in [2.75, 3.05) is 17.1 Å². The lowest BCUT2D eigenvalue weighted by Crippen LogP contribution is -2.54. The van der Waals surface area contributed by atoms with Crippen LogP contribution in [-0.2, 0) is 31.6 Å². The zero-order valence-corrected chi connectivity index (χ0v) is 28.0. The van der Waals surface area contributed by atoms with Crippen LogP contribution >= 0.6 is 23.2 Å². The first kappa shape index (κ1) is 32.1. The maximum atomic E-state index is 14.0. The highest BCUT2D eigenvalue weighted by Crippen LogP contribution is 2.60. The molecule has 6 rings (SSSR count). The monoisotopic (exact) mass is 647 g/mol. The first-order valence-electron chi connectivity index (χ1n) is 15.2. The van der Waals surface area contributed by atoms with Gasteiger partial charge in [-0.2, -0.15) is 0 Å². The SMILES string of the molecule is CC(C(=O)NC(C)(C)C)N(Cc1c(Cl)cccc1Cl)C(=O)CN(c1ccc(C23CC4CC(CC(C4)C2)C3)cc1)S(C)(=O)=O. The summed E-state index contributed by atoms with van der Waals surface area (Å²) in [5.41, 5.74) is 1.84. The minimum Gasteiger partial charge on any atom is -0.350 e. The third-order valence-electron chi connectivity index (χ3n) is 9.54. The Bertz CT molecular complexity index is 1430. The molecule has 2 amide bonds. The highest BCUT2D eigenvalue weighted by molar-refractivity contribution is 7.92. The molecule has 4 aliphatic rings. The van der Waals surface area contributed by atoms with E-state index in [9.17, 15) is 18.0 Å². The highest BCUT2D eigenvalue weighted by Gasteiger charge is 2.51. The van der Waals surface area contributed by atoms with E-state index >= 15 is 0 Å². The standard InChI is InChI=1S/C33H43Cl2N3O4S/c1-21(31(40)36-32(2,3)4)37(19-27-28(34)7-6-8-29(27)35)30(39)20-38(43(5,41)42)26-11-9-25(10-12-26)33-16-22-13-23(17-33)15-24(14-22)18-33/h6-12,21-24H,13-20H2,1-5H3,(H,36,40). The van der Waals surface area contributed by atoms with E-state index in [-0.39, 0.29) is 17.9 Å². The fraction of sp³-hybridized carbons (Fsp3) is 0.576. The molecule has 4 saturated carbocycles. The predicted molar refractivity (Wildman–Crippen MR) is 173 cm³/mol. The van der Waals surface area contributed by atoms with Crippen molar-refractivity contribution in [3.63, 3.8) is 0 Å². The molecule has 4 aliphatic carbocycles. The second kappa shape index (κ2) is 11.9. The molecule has 1 atom stereocenters. The van der Waals surface area contributed by atoms with Crippen molar-refractivity contribution >= 4 is 50.7 Å². The lowest BCUT2D eigenvalue weighted by atomic mass is 9.48. The van der Waals surface area contributed by atoms with Crippen LogP contribution in [0.5, 0.6) is 0 Å². The van der Waals surface area contributed by atoms with Gasteiger partial charge in [0.2, 0.25) is 21.8 Å². The minimum atomic E-state index is -3.84. The number of hydrogen-bond donors (Lipinski definition) is 1. The average Bonchev–Trinajstić information content (AvgIpc) is 2.89. The molecule has 2 aromatic carbocycles. The number of rotatable bonds is 9. The molecule has 0 aliphatic heterocycles. The number of sulfonamides is 1. The second-order valence-electron chi connectivity index (χ2n) is 14.2. The third kappa shape index (κ3) is 7.02. The van der Waals surface area contributed by atoms with Crippen molar-refractivity contribution in [3.8, 4) is 0 Å². The molecule has 43 heavy (non-hydrogen) atoms. The topological polar surface area (TPSA) is 86.8 Å². The molecule has 4 bridgehead atoms. The highest BCUT2D eigenvalue weighted by atomic mass is 35.5. The molecule has 1 unspecified atom stereocenters. The van der Waals surface area contributed by atoms with E-state index in [0.717, 1.165) is 28.3 Å². The Hall–Kier alpha value is -2.29. The van der Waals surface area contributed by atoms with Crippen molar-refractivity contribution in [2.24, 2.45) is 17.8 Å². The summed E-state index contributed by atoms with van der Waals surface area (Å²) in [6.07, 6.45) is 8.77. The molecule has 0 heterocycles. The van der Waals surface area contributed by atoms with E-state index in [1.165, 1.54) is 49.0 Å². The summed E-state index contributed by atoms with van der Waals surface area (Å²) in [6, 6.07) is 11.9. The summed E-state index contributed by atoms with van der Waals surface area (Å²) in [7, 11) is -3.84. The maximum Gasteiger partial charge on any atom is 0.244 e. The van der Waals surface area contributed by atoms with Gasteiger partial charge in [-0.1, -0.05) is 41.4 Å². The largest absolute Gasteiger partial charge is 0.350 e. The van der Waals surface area contributed by atoms with Crippen LogP contribution < -0.4 is 9.62 Å². The molecular formula is C33H43Cl2N3O4S. The Kier molecular flexibility index (Phi) is 8.89. The number of carbonyl (C=O) groups excluding carboxylic acids is 2. The number of benzene rings is 2. The normalized spacial score (nSPS) is 25.3. The first-order chi connectivity index (χ1) is 20.0. The van der Waals surface area contributed by atoms with Crippen LogP contribution in [-0.4, -0.2) is 49.5 Å². The number of nitrogens with one attached hydrogen (secondary N) is 1. The van der Waals surface area contributed by atoms with Crippen molar-refractivity contribution in [3.05, 3.63) is 63.6 Å². The van der Waals surface area contributed by atoms with Crippen LogP contribution in [0.15, 0.2) is 42.5 Å². The van der Waals surface area contributed by atoms with Crippen LogP contribution in [0.25, 0.3) is 0 Å². The van der Waals surface area contributed by atoms with E-state index in [4.69, 9.17) is 23.2 Å². The molecule has 7 nitrogen and oxygen atoms in total. The van der Waals surface area contributed by atoms with Crippen molar-refractivity contribution in [1.29, 1.82) is 0 Å². The summed E-state index contributed by atoms with van der Waals surface area (Å²) >= 11 is 12.9. The Morgan fingerprint density at radius 3 is 1.93 bits per heavy atom. The molecule has 0 saturated heterocycles. The number of halogens is 2. The van der Waals surface area contributed by atoms with E-state index in [0.29, 0.717) is 21.3 Å². The van der Waals surface area contributed by atoms with Crippen LogP contribution in [0.3, 0.4) is 0 Å².